The second kappa shape index (κ2) is 6.56. The number of carbonyl (C=O) groups is 1. The highest BCUT2D eigenvalue weighted by Gasteiger charge is 2.45. The van der Waals surface area contributed by atoms with Crippen LogP contribution in [0, 0.1) is 13.8 Å². The highest BCUT2D eigenvalue weighted by molar-refractivity contribution is 5.93. The third-order valence-corrected chi connectivity index (χ3v) is 5.81. The molecule has 2 aromatic heterocycles. The lowest BCUT2D eigenvalue weighted by molar-refractivity contribution is -0.121. The number of aryl methyl sites for hydroxylation is 2. The molecule has 0 aliphatic carbocycles. The van der Waals surface area contributed by atoms with Crippen molar-refractivity contribution in [2.45, 2.75) is 32.4 Å². The molecule has 3 aliphatic rings. The molecule has 1 N–H and O–H groups in total. The lowest BCUT2D eigenvalue weighted by atomic mass is 9.87. The van der Waals surface area contributed by atoms with Gasteiger partial charge in [0.05, 0.1) is 6.54 Å². The summed E-state index contributed by atoms with van der Waals surface area (Å²) in [4.78, 5) is 17.2. The van der Waals surface area contributed by atoms with E-state index >= 15 is 0 Å². The van der Waals surface area contributed by atoms with E-state index in [1.54, 1.807) is 10.8 Å². The smallest absolute Gasteiger partial charge is 0.238 e. The SMILES string of the molecule is Cc1ccc(C)c(NC(=O)CN2C3CC2CN(c2ccc4nncn4n2)C3)c1. The minimum absolute atomic E-state index is 0.0564. The van der Waals surface area contributed by atoms with Gasteiger partial charge in [-0.1, -0.05) is 12.1 Å². The molecule has 8 nitrogen and oxygen atoms in total. The van der Waals surface area contributed by atoms with Crippen molar-refractivity contribution in [2.75, 3.05) is 29.9 Å². The highest BCUT2D eigenvalue weighted by Crippen LogP contribution is 2.33. The van der Waals surface area contributed by atoms with Gasteiger partial charge in [0.2, 0.25) is 5.91 Å². The Kier molecular flexibility index (Phi) is 4.01. The number of aromatic nitrogens is 4. The van der Waals surface area contributed by atoms with Gasteiger partial charge < -0.3 is 10.2 Å². The molecular weight excluding hydrogens is 354 g/mol. The van der Waals surface area contributed by atoms with Gasteiger partial charge in [0, 0.05) is 30.9 Å². The number of hydrogen-bond donors (Lipinski definition) is 1. The zero-order valence-electron chi connectivity index (χ0n) is 16.0. The Morgan fingerprint density at radius 3 is 2.82 bits per heavy atom. The molecular formula is C20H23N7O. The molecule has 1 amide bonds. The Balaban J connectivity index is 1.22. The van der Waals surface area contributed by atoms with E-state index in [4.69, 9.17) is 0 Å². The van der Waals surface area contributed by atoms with Crippen molar-refractivity contribution in [3.8, 4) is 0 Å². The molecule has 0 saturated carbocycles. The van der Waals surface area contributed by atoms with E-state index in [1.165, 1.54) is 0 Å². The number of benzene rings is 1. The molecule has 2 unspecified atom stereocenters. The van der Waals surface area contributed by atoms with Gasteiger partial charge >= 0.3 is 0 Å². The molecule has 0 radical (unpaired) electrons. The fourth-order valence-corrected chi connectivity index (χ4v) is 4.25. The lowest BCUT2D eigenvalue weighted by Gasteiger charge is -2.56. The number of nitrogens with zero attached hydrogens (tertiary/aromatic N) is 6. The molecule has 144 valence electrons. The predicted octanol–water partition coefficient (Wildman–Crippen LogP) is 1.64. The van der Waals surface area contributed by atoms with Crippen LogP contribution < -0.4 is 10.2 Å². The maximum Gasteiger partial charge on any atom is 0.238 e. The Morgan fingerprint density at radius 2 is 2.00 bits per heavy atom. The van der Waals surface area contributed by atoms with E-state index in [1.807, 2.05) is 38.1 Å². The number of rotatable bonds is 4. The van der Waals surface area contributed by atoms with E-state index in [0.29, 0.717) is 18.6 Å². The van der Waals surface area contributed by atoms with E-state index in [-0.39, 0.29) is 5.91 Å². The molecule has 3 aliphatic heterocycles. The number of carbonyl (C=O) groups excluding carboxylic acids is 1. The minimum Gasteiger partial charge on any atom is -0.352 e. The van der Waals surface area contributed by atoms with Crippen LogP contribution in [0.25, 0.3) is 5.65 Å². The topological polar surface area (TPSA) is 78.7 Å². The number of nitrogens with one attached hydrogen (secondary N) is 1. The van der Waals surface area contributed by atoms with Crippen LogP contribution in [-0.2, 0) is 4.79 Å². The average Bonchev–Trinajstić information content (AvgIpc) is 3.17. The van der Waals surface area contributed by atoms with E-state index in [0.717, 1.165) is 47.8 Å². The van der Waals surface area contributed by atoms with Crippen LogP contribution in [-0.4, -0.2) is 62.3 Å². The van der Waals surface area contributed by atoms with Crippen molar-refractivity contribution in [3.63, 3.8) is 0 Å². The Labute approximate surface area is 163 Å². The van der Waals surface area contributed by atoms with Crippen LogP contribution in [0.2, 0.25) is 0 Å². The quantitative estimate of drug-likeness (QED) is 0.745. The van der Waals surface area contributed by atoms with Crippen LogP contribution in [0.1, 0.15) is 17.5 Å². The summed E-state index contributed by atoms with van der Waals surface area (Å²) in [6.45, 7) is 6.26. The molecule has 8 heteroatoms. The van der Waals surface area contributed by atoms with Gasteiger partial charge in [-0.25, -0.2) is 0 Å². The fraction of sp³-hybridized carbons (Fsp3) is 0.400. The van der Waals surface area contributed by atoms with E-state index < -0.39 is 0 Å². The van der Waals surface area contributed by atoms with Gasteiger partial charge in [-0.3, -0.25) is 9.69 Å². The summed E-state index contributed by atoms with van der Waals surface area (Å²) in [6.07, 6.45) is 2.76. The Hall–Kier alpha value is -3.00. The van der Waals surface area contributed by atoms with Crippen LogP contribution in [0.4, 0.5) is 11.5 Å². The largest absolute Gasteiger partial charge is 0.352 e. The van der Waals surface area contributed by atoms with Gasteiger partial charge in [0.1, 0.15) is 12.1 Å². The lowest BCUT2D eigenvalue weighted by Crippen LogP contribution is -2.69. The van der Waals surface area contributed by atoms with Crippen molar-refractivity contribution in [3.05, 3.63) is 47.8 Å². The predicted molar refractivity (Wildman–Crippen MR) is 106 cm³/mol. The number of piperazine rings is 1. The zero-order chi connectivity index (χ0) is 19.3. The Morgan fingerprint density at radius 1 is 1.18 bits per heavy atom. The third kappa shape index (κ3) is 2.99. The molecule has 3 saturated heterocycles. The summed E-state index contributed by atoms with van der Waals surface area (Å²) in [5, 5.41) is 15.5. The maximum atomic E-state index is 12.6. The first-order chi connectivity index (χ1) is 13.6. The molecule has 3 aromatic rings. The first kappa shape index (κ1) is 17.1. The van der Waals surface area contributed by atoms with Gasteiger partial charge in [-0.2, -0.15) is 4.52 Å². The minimum atomic E-state index is 0.0564. The monoisotopic (exact) mass is 377 g/mol. The van der Waals surface area contributed by atoms with Crippen LogP contribution in [0.3, 0.4) is 0 Å². The maximum absolute atomic E-state index is 12.6. The highest BCUT2D eigenvalue weighted by atomic mass is 16.2. The Bertz CT molecular complexity index is 1030. The second-order valence-electron chi connectivity index (χ2n) is 7.81. The van der Waals surface area contributed by atoms with Crippen molar-refractivity contribution in [1.82, 2.24) is 24.7 Å². The molecule has 2 bridgehead atoms. The fourth-order valence-electron chi connectivity index (χ4n) is 4.25. The summed E-state index contributed by atoms with van der Waals surface area (Å²) >= 11 is 0. The molecule has 1 aromatic carbocycles. The number of piperidine rings is 1. The number of hydrogen-bond acceptors (Lipinski definition) is 6. The normalized spacial score (nSPS) is 21.6. The summed E-state index contributed by atoms with van der Waals surface area (Å²) in [5.41, 5.74) is 3.89. The average molecular weight is 377 g/mol. The summed E-state index contributed by atoms with van der Waals surface area (Å²) in [6, 6.07) is 10.8. The zero-order valence-corrected chi connectivity index (χ0v) is 16.0. The van der Waals surface area contributed by atoms with Crippen LogP contribution in [0.5, 0.6) is 0 Å². The summed E-state index contributed by atoms with van der Waals surface area (Å²) in [7, 11) is 0. The van der Waals surface area contributed by atoms with Crippen molar-refractivity contribution >= 4 is 23.1 Å². The van der Waals surface area contributed by atoms with Gasteiger partial charge in [0.25, 0.3) is 0 Å². The first-order valence-corrected chi connectivity index (χ1v) is 9.62. The van der Waals surface area contributed by atoms with Gasteiger partial charge in [0.15, 0.2) is 5.65 Å². The first-order valence-electron chi connectivity index (χ1n) is 9.62. The van der Waals surface area contributed by atoms with E-state index in [9.17, 15) is 4.79 Å². The molecule has 6 rings (SSSR count). The standard InChI is InChI=1S/C20H23N7O/c1-13-3-4-14(2)17(7-13)22-20(28)11-26-15-8-16(26)10-25(9-15)19-6-5-18-23-21-12-27(18)24-19/h3-7,12,15-16H,8-11H2,1-2H3,(H,22,28). The molecule has 2 atom stereocenters. The van der Waals surface area contributed by atoms with Crippen LogP contribution in [0.15, 0.2) is 36.7 Å². The van der Waals surface area contributed by atoms with E-state index in [2.05, 4.69) is 36.5 Å². The number of fused-ring (bicyclic) bond motifs is 3. The molecule has 28 heavy (non-hydrogen) atoms. The summed E-state index contributed by atoms with van der Waals surface area (Å²) < 4.78 is 1.70. The molecule has 5 heterocycles. The number of anilines is 2. The van der Waals surface area contributed by atoms with Crippen LogP contribution >= 0.6 is 0 Å². The van der Waals surface area contributed by atoms with Crippen molar-refractivity contribution in [2.24, 2.45) is 0 Å². The van der Waals surface area contributed by atoms with Crippen molar-refractivity contribution in [1.29, 1.82) is 0 Å². The molecule has 0 spiro atoms. The summed E-state index contributed by atoms with van der Waals surface area (Å²) in [5.74, 6) is 0.988. The second-order valence-corrected chi connectivity index (χ2v) is 7.81. The van der Waals surface area contributed by atoms with Gasteiger partial charge in [-0.05, 0) is 49.6 Å². The van der Waals surface area contributed by atoms with Gasteiger partial charge in [-0.15, -0.1) is 15.3 Å². The molecule has 3 fully saturated rings. The third-order valence-electron chi connectivity index (χ3n) is 5.81. The van der Waals surface area contributed by atoms with Crippen molar-refractivity contribution < 1.29 is 4.79 Å². The number of amides is 1.